The minimum absolute atomic E-state index is 0.00880. The molecule has 0 saturated carbocycles. The molecule has 24 heavy (non-hydrogen) atoms. The summed E-state index contributed by atoms with van der Waals surface area (Å²) in [6, 6.07) is 1.49. The van der Waals surface area contributed by atoms with Gasteiger partial charge in [-0.3, -0.25) is 0 Å². The summed E-state index contributed by atoms with van der Waals surface area (Å²) < 4.78 is 33.8. The van der Waals surface area contributed by atoms with Gasteiger partial charge in [-0.05, 0) is 12.1 Å². The quantitative estimate of drug-likeness (QED) is 0.690. The minimum atomic E-state index is -1.25. The Morgan fingerprint density at radius 3 is 2.75 bits per heavy atom. The molecule has 0 radical (unpaired) electrons. The number of ether oxygens (including phenoxy) is 1. The van der Waals surface area contributed by atoms with Gasteiger partial charge in [0.05, 0.1) is 24.4 Å². The van der Waals surface area contributed by atoms with E-state index < -0.39 is 42.6 Å². The highest BCUT2D eigenvalue weighted by atomic mass is 35.5. The van der Waals surface area contributed by atoms with Gasteiger partial charge in [0.25, 0.3) is 0 Å². The molecule has 1 saturated heterocycles. The molecule has 4 atom stereocenters. The van der Waals surface area contributed by atoms with E-state index in [9.17, 15) is 24.1 Å². The maximum atomic E-state index is 14.0. The van der Waals surface area contributed by atoms with Crippen molar-refractivity contribution in [2.24, 2.45) is 0 Å². The fourth-order valence-corrected chi connectivity index (χ4v) is 2.78. The van der Waals surface area contributed by atoms with Gasteiger partial charge in [-0.2, -0.15) is 0 Å². The lowest BCUT2D eigenvalue weighted by Gasteiger charge is -2.36. The van der Waals surface area contributed by atoms with E-state index in [1.165, 1.54) is 18.3 Å². The number of hydrogen-bond acceptors (Lipinski definition) is 6. The average molecular weight is 362 g/mol. The van der Waals surface area contributed by atoms with Crippen LogP contribution in [0.4, 0.5) is 8.78 Å². The molecule has 1 aliphatic heterocycles. The molecule has 0 bridgehead atoms. The molecule has 1 aromatic carbocycles. The molecule has 3 N–H and O–H groups in total. The molecule has 2 heterocycles. The molecule has 130 valence electrons. The second-order valence-corrected chi connectivity index (χ2v) is 5.82. The van der Waals surface area contributed by atoms with Crippen LogP contribution in [0.25, 0.3) is 11.3 Å². The summed E-state index contributed by atoms with van der Waals surface area (Å²) in [6.07, 6.45) is -1.98. The molecular formula is C14H14ClF2N3O4. The first-order valence-electron chi connectivity index (χ1n) is 7.08. The van der Waals surface area contributed by atoms with Crippen molar-refractivity contribution in [1.82, 2.24) is 15.0 Å². The van der Waals surface area contributed by atoms with Crippen molar-refractivity contribution in [2.45, 2.75) is 24.4 Å². The van der Waals surface area contributed by atoms with Gasteiger partial charge in [-0.1, -0.05) is 16.8 Å². The van der Waals surface area contributed by atoms with Crippen molar-refractivity contribution in [3.8, 4) is 11.3 Å². The summed E-state index contributed by atoms with van der Waals surface area (Å²) in [6.45, 7) is -0.560. The number of aliphatic hydroxyl groups excluding tert-OH is 3. The molecule has 2 aromatic rings. The number of aliphatic hydroxyl groups is 3. The summed E-state index contributed by atoms with van der Waals surface area (Å²) >= 11 is 5.51. The molecule has 3 rings (SSSR count). The van der Waals surface area contributed by atoms with Crippen LogP contribution in [0.3, 0.4) is 0 Å². The Morgan fingerprint density at radius 1 is 1.29 bits per heavy atom. The van der Waals surface area contributed by atoms with E-state index in [4.69, 9.17) is 16.3 Å². The van der Waals surface area contributed by atoms with E-state index in [1.807, 2.05) is 0 Å². The summed E-state index contributed by atoms with van der Waals surface area (Å²) in [7, 11) is 0. The van der Waals surface area contributed by atoms with E-state index in [1.54, 1.807) is 0 Å². The third-order valence-electron chi connectivity index (χ3n) is 3.91. The second-order valence-electron chi connectivity index (χ2n) is 5.41. The predicted octanol–water partition coefficient (Wildman–Crippen LogP) is 0.531. The Hall–Kier alpha value is -1.65. The number of hydrogen-bond donors (Lipinski definition) is 3. The first kappa shape index (κ1) is 17.2. The van der Waals surface area contributed by atoms with Crippen molar-refractivity contribution in [3.05, 3.63) is 35.0 Å². The first-order valence-corrected chi connectivity index (χ1v) is 7.46. The number of aromatic nitrogens is 3. The predicted molar refractivity (Wildman–Crippen MR) is 78.3 cm³/mol. The molecule has 1 aliphatic rings. The molecule has 7 nitrogen and oxygen atoms in total. The van der Waals surface area contributed by atoms with Crippen molar-refractivity contribution in [1.29, 1.82) is 0 Å². The van der Waals surface area contributed by atoms with Gasteiger partial charge in [-0.25, -0.2) is 13.5 Å². The average Bonchev–Trinajstić information content (AvgIpc) is 3.02. The van der Waals surface area contributed by atoms with Crippen LogP contribution in [0.5, 0.6) is 0 Å². The molecule has 10 heteroatoms. The van der Waals surface area contributed by atoms with Crippen LogP contribution in [0, 0.1) is 11.6 Å². The second kappa shape index (κ2) is 6.69. The zero-order valence-corrected chi connectivity index (χ0v) is 12.9. The lowest BCUT2D eigenvalue weighted by Crippen LogP contribution is -2.51. The molecule has 0 spiro atoms. The van der Waals surface area contributed by atoms with Gasteiger partial charge in [0.1, 0.15) is 30.0 Å². The lowest BCUT2D eigenvalue weighted by molar-refractivity contribution is -0.166. The number of nitrogens with zero attached hydrogens (tertiary/aromatic N) is 3. The van der Waals surface area contributed by atoms with Crippen LogP contribution < -0.4 is 0 Å². The third kappa shape index (κ3) is 2.89. The summed E-state index contributed by atoms with van der Waals surface area (Å²) in [5, 5.41) is 36.5. The smallest absolute Gasteiger partial charge is 0.178 e. The van der Waals surface area contributed by atoms with Gasteiger partial charge in [0, 0.05) is 5.56 Å². The fraction of sp³-hybridized carbons (Fsp3) is 0.429. The lowest BCUT2D eigenvalue weighted by atomic mass is 9.97. The number of halogens is 3. The molecule has 0 amide bonds. The van der Waals surface area contributed by atoms with Crippen LogP contribution >= 0.6 is 11.6 Å². The summed E-state index contributed by atoms with van der Waals surface area (Å²) in [5.74, 6) is -2.37. The van der Waals surface area contributed by atoms with Gasteiger partial charge in [0.15, 0.2) is 11.6 Å². The van der Waals surface area contributed by atoms with Crippen molar-refractivity contribution in [3.63, 3.8) is 0 Å². The van der Waals surface area contributed by atoms with E-state index in [-0.39, 0.29) is 22.9 Å². The Bertz CT molecular complexity index is 745. The topological polar surface area (TPSA) is 101 Å². The van der Waals surface area contributed by atoms with Crippen molar-refractivity contribution >= 4 is 11.6 Å². The molecule has 4 unspecified atom stereocenters. The Balaban J connectivity index is 1.94. The Kier molecular flexibility index (Phi) is 4.79. The fourth-order valence-electron chi connectivity index (χ4n) is 2.63. The van der Waals surface area contributed by atoms with Gasteiger partial charge in [0.2, 0.25) is 0 Å². The van der Waals surface area contributed by atoms with Crippen molar-refractivity contribution in [2.75, 3.05) is 13.2 Å². The van der Waals surface area contributed by atoms with Crippen LogP contribution in [0.1, 0.15) is 6.04 Å². The highest BCUT2D eigenvalue weighted by molar-refractivity contribution is 6.30. The normalized spacial score (nSPS) is 27.4. The zero-order valence-electron chi connectivity index (χ0n) is 12.2. The molecule has 0 aliphatic carbocycles. The first-order chi connectivity index (χ1) is 11.4. The third-order valence-corrected chi connectivity index (χ3v) is 4.20. The number of rotatable bonds is 3. The maximum absolute atomic E-state index is 14.0. The van der Waals surface area contributed by atoms with E-state index in [0.29, 0.717) is 0 Å². The van der Waals surface area contributed by atoms with Gasteiger partial charge in [-0.15, -0.1) is 5.10 Å². The SMILES string of the molecule is OCC1OCC(O)C(n2cc(-c3ccc(Cl)c(F)c3F)nn2)C1O. The zero-order chi connectivity index (χ0) is 17.4. The van der Waals surface area contributed by atoms with Crippen LogP contribution in [0.2, 0.25) is 5.02 Å². The van der Waals surface area contributed by atoms with Crippen molar-refractivity contribution < 1.29 is 28.8 Å². The van der Waals surface area contributed by atoms with Crippen LogP contribution in [-0.2, 0) is 4.74 Å². The molecule has 1 fully saturated rings. The maximum Gasteiger partial charge on any atom is 0.178 e. The van der Waals surface area contributed by atoms with E-state index >= 15 is 0 Å². The van der Waals surface area contributed by atoms with Gasteiger partial charge < -0.3 is 20.1 Å². The van der Waals surface area contributed by atoms with E-state index in [0.717, 1.165) is 4.68 Å². The Labute approximate surface area is 140 Å². The van der Waals surface area contributed by atoms with Gasteiger partial charge >= 0.3 is 0 Å². The minimum Gasteiger partial charge on any atom is -0.394 e. The largest absolute Gasteiger partial charge is 0.394 e. The van der Waals surface area contributed by atoms with Crippen LogP contribution in [-0.4, -0.2) is 61.8 Å². The Morgan fingerprint density at radius 2 is 2.04 bits per heavy atom. The summed E-state index contributed by atoms with van der Waals surface area (Å²) in [5.41, 5.74) is -0.146. The van der Waals surface area contributed by atoms with Crippen LogP contribution in [0.15, 0.2) is 18.3 Å². The highest BCUT2D eigenvalue weighted by Gasteiger charge is 2.40. The monoisotopic (exact) mass is 361 g/mol. The molecular weight excluding hydrogens is 348 g/mol. The standard InChI is InChI=1S/C14H14ClF2N3O4/c15-7-2-1-6(11(16)12(7)17)8-3-20(19-18-8)13-9(22)5-24-10(4-21)14(13)23/h1-3,9-10,13-14,21-23H,4-5H2. The molecule has 1 aromatic heterocycles. The van der Waals surface area contributed by atoms with E-state index in [2.05, 4.69) is 10.3 Å². The highest BCUT2D eigenvalue weighted by Crippen LogP contribution is 2.30. The summed E-state index contributed by atoms with van der Waals surface area (Å²) in [4.78, 5) is 0. The number of benzene rings is 1.